The second-order valence-corrected chi connectivity index (χ2v) is 11.1. The van der Waals surface area contributed by atoms with Crippen molar-refractivity contribution in [2.24, 2.45) is 16.1 Å². The summed E-state index contributed by atoms with van der Waals surface area (Å²) in [5, 5.41) is 40.4. The molecule has 2 aliphatic heterocycles. The fourth-order valence-corrected chi connectivity index (χ4v) is 5.07. The van der Waals surface area contributed by atoms with Gasteiger partial charge in [0.1, 0.15) is 0 Å². The van der Waals surface area contributed by atoms with E-state index in [0.717, 1.165) is 43.2 Å². The molecule has 3 aliphatic rings. The molecule has 0 bridgehead atoms. The molecule has 0 amide bonds. The van der Waals surface area contributed by atoms with Gasteiger partial charge in [0.2, 0.25) is 0 Å². The summed E-state index contributed by atoms with van der Waals surface area (Å²) in [6.45, 7) is 1.84. The van der Waals surface area contributed by atoms with Crippen LogP contribution in [0.15, 0.2) is 32.9 Å². The van der Waals surface area contributed by atoms with Crippen molar-refractivity contribution in [1.82, 2.24) is 10.9 Å². The summed E-state index contributed by atoms with van der Waals surface area (Å²) >= 11 is 6.76. The van der Waals surface area contributed by atoms with Crippen LogP contribution in [0.3, 0.4) is 0 Å². The van der Waals surface area contributed by atoms with Crippen molar-refractivity contribution in [3.05, 3.63) is 38.9 Å². The number of hydrazone groups is 2. The maximum atomic E-state index is 11.8. The second kappa shape index (κ2) is 16.9. The molecular weight excluding hydrogens is 619 g/mol. The molecule has 1 saturated carbocycles. The number of hydrogen-bond donors (Lipinski definition) is 2. The van der Waals surface area contributed by atoms with Gasteiger partial charge in [-0.2, -0.15) is 10.2 Å². The quantitative estimate of drug-likeness (QED) is 0.208. The normalized spacial score (nSPS) is 29.2. The molecule has 2 heterocycles. The molecule has 2 N–H and O–H groups in total. The summed E-state index contributed by atoms with van der Waals surface area (Å²) in [7, 11) is 0. The first-order valence-electron chi connectivity index (χ1n) is 12.2. The molecule has 0 aromatic heterocycles. The molecule has 4 rings (SSSR count). The zero-order valence-electron chi connectivity index (χ0n) is 19.8. The first-order chi connectivity index (χ1) is 16.5. The molecule has 3 fully saturated rings. The van der Waals surface area contributed by atoms with E-state index in [-0.39, 0.29) is 41.1 Å². The van der Waals surface area contributed by atoms with Crippen LogP contribution in [0.5, 0.6) is 5.75 Å². The summed E-state index contributed by atoms with van der Waals surface area (Å²) in [4.78, 5) is 0.399. The Kier molecular flexibility index (Phi) is 14.8. The number of nitrogens with one attached hydrogen (secondary N) is 2. The molecule has 5 atom stereocenters. The smallest absolute Gasteiger partial charge is 0.872 e. The zero-order valence-corrected chi connectivity index (χ0v) is 24.1. The van der Waals surface area contributed by atoms with E-state index in [9.17, 15) is 10.2 Å². The molecule has 2 saturated heterocycles. The van der Waals surface area contributed by atoms with Gasteiger partial charge < -0.3 is 31.7 Å². The number of benzene rings is 1. The summed E-state index contributed by atoms with van der Waals surface area (Å²) in [6.07, 6.45) is 12.7. The molecule has 11 heteroatoms. The van der Waals surface area contributed by atoms with Gasteiger partial charge in [0.25, 0.3) is 0 Å². The first-order valence-corrected chi connectivity index (χ1v) is 13.9. The molecule has 1 radical (unpaired) electrons. The molecule has 1 aromatic rings. The standard InChI is InChI=1S/C12H20BrN3O.C12H15BrN3O.Mn/c2*13-10-5-4-9(11(17)7-10)8-15-16-12-3-1-2-6-14-12;/h8-12,16H,1-7H2;4-5,7-8,12,16-17H,1-3,6H2;/q-2;-1;+2/p-1/b15-8+;15-8-;. The zero-order chi connectivity index (χ0) is 24.2. The minimum atomic E-state index is -0.512. The fraction of sp³-hybridized carbons (Fsp3) is 0.667. The Morgan fingerprint density at radius 1 is 0.943 bits per heavy atom. The molecule has 1 aliphatic carbocycles. The van der Waals surface area contributed by atoms with Crippen molar-refractivity contribution in [2.75, 3.05) is 13.1 Å². The Morgan fingerprint density at radius 3 is 2.17 bits per heavy atom. The van der Waals surface area contributed by atoms with Crippen LogP contribution in [0.2, 0.25) is 0 Å². The van der Waals surface area contributed by atoms with Crippen LogP contribution in [-0.4, -0.2) is 48.8 Å². The first kappa shape index (κ1) is 30.5. The Morgan fingerprint density at radius 2 is 1.60 bits per heavy atom. The monoisotopic (exact) mass is 651 g/mol. The summed E-state index contributed by atoms with van der Waals surface area (Å²) in [5.41, 5.74) is 6.60. The predicted molar refractivity (Wildman–Crippen MR) is 142 cm³/mol. The predicted octanol–water partition coefficient (Wildman–Crippen LogP) is 4.07. The Bertz CT molecular complexity index is 791. The van der Waals surface area contributed by atoms with Crippen molar-refractivity contribution < 1.29 is 27.3 Å². The third-order valence-corrected chi connectivity index (χ3v) is 7.47. The summed E-state index contributed by atoms with van der Waals surface area (Å²) in [5.74, 6) is 0.0467. The molecule has 8 nitrogen and oxygen atoms in total. The van der Waals surface area contributed by atoms with Crippen LogP contribution in [0, 0.1) is 5.92 Å². The van der Waals surface area contributed by atoms with Crippen molar-refractivity contribution in [3.63, 3.8) is 0 Å². The van der Waals surface area contributed by atoms with Gasteiger partial charge in [0, 0.05) is 15.5 Å². The van der Waals surface area contributed by atoms with Gasteiger partial charge in [-0.05, 0) is 42.7 Å². The molecule has 5 unspecified atom stereocenters. The average Bonchev–Trinajstić information content (AvgIpc) is 2.84. The third kappa shape index (κ3) is 11.5. The van der Waals surface area contributed by atoms with Gasteiger partial charge in [-0.25, -0.2) is 0 Å². The van der Waals surface area contributed by atoms with Gasteiger partial charge in [-0.15, -0.1) is 19.2 Å². The van der Waals surface area contributed by atoms with Crippen molar-refractivity contribution in [3.8, 4) is 5.75 Å². The van der Waals surface area contributed by atoms with Gasteiger partial charge in [0.15, 0.2) is 0 Å². The number of piperidine rings is 2. The SMILES string of the molecule is [Mn+2].[O-]C1CC(Br)CCC1/C=N/NC1CCCC[N-]1.[O-]c1cc(Br)ccc1/C=N\NC1CCCC[N-]1. The van der Waals surface area contributed by atoms with E-state index in [1.54, 1.807) is 18.5 Å². The number of nitrogens with zero attached hydrogens (tertiary/aromatic N) is 4. The van der Waals surface area contributed by atoms with Crippen LogP contribution in [0.1, 0.15) is 63.4 Å². The summed E-state index contributed by atoms with van der Waals surface area (Å²) < 4.78 is 0.787. The van der Waals surface area contributed by atoms with Crippen LogP contribution >= 0.6 is 31.9 Å². The summed E-state index contributed by atoms with van der Waals surface area (Å²) in [6, 6.07) is 5.11. The van der Waals surface area contributed by atoms with Crippen LogP contribution in [0.4, 0.5) is 0 Å². The molecule has 0 spiro atoms. The van der Waals surface area contributed by atoms with Crippen molar-refractivity contribution in [1.29, 1.82) is 0 Å². The van der Waals surface area contributed by atoms with E-state index in [4.69, 9.17) is 0 Å². The topological polar surface area (TPSA) is 123 Å². The Balaban J connectivity index is 0.000000240. The van der Waals surface area contributed by atoms with Crippen molar-refractivity contribution in [2.45, 2.75) is 81.1 Å². The number of alkyl halides is 1. The van der Waals surface area contributed by atoms with Gasteiger partial charge >= 0.3 is 17.1 Å². The van der Waals surface area contributed by atoms with E-state index in [2.05, 4.69) is 63.5 Å². The number of rotatable bonds is 6. The largest absolute Gasteiger partial charge is 2.00 e. The minimum Gasteiger partial charge on any atom is -0.872 e. The Hall–Kier alpha value is -0.681. The van der Waals surface area contributed by atoms with E-state index in [1.165, 1.54) is 31.7 Å². The second-order valence-electron chi connectivity index (χ2n) is 8.92. The van der Waals surface area contributed by atoms with Crippen LogP contribution in [0.25, 0.3) is 10.6 Å². The third-order valence-electron chi connectivity index (χ3n) is 6.14. The van der Waals surface area contributed by atoms with E-state index in [1.807, 2.05) is 6.07 Å². The minimum absolute atomic E-state index is 0. The van der Waals surface area contributed by atoms with Gasteiger partial charge in [-0.3, -0.25) is 0 Å². The van der Waals surface area contributed by atoms with Gasteiger partial charge in [-0.1, -0.05) is 94.7 Å². The molecule has 35 heavy (non-hydrogen) atoms. The number of halogens is 2. The van der Waals surface area contributed by atoms with E-state index >= 15 is 0 Å². The maximum absolute atomic E-state index is 11.8. The fourth-order valence-electron chi connectivity index (χ4n) is 4.09. The molecular formula is C24H34Br2MnN6O2-2. The van der Waals surface area contributed by atoms with Crippen LogP contribution in [-0.2, 0) is 17.1 Å². The maximum Gasteiger partial charge on any atom is 2.00 e. The van der Waals surface area contributed by atoms with Crippen LogP contribution < -0.4 is 21.1 Å². The Labute approximate surface area is 236 Å². The van der Waals surface area contributed by atoms with E-state index in [0.29, 0.717) is 16.8 Å². The molecule has 195 valence electrons. The van der Waals surface area contributed by atoms with Crippen molar-refractivity contribution >= 4 is 44.3 Å². The average molecular weight is 653 g/mol. The van der Waals surface area contributed by atoms with Gasteiger partial charge in [0.05, 0.1) is 6.21 Å². The number of hydrogen-bond acceptors (Lipinski definition) is 6. The molecule has 1 aromatic carbocycles. The van der Waals surface area contributed by atoms with E-state index < -0.39 is 6.10 Å².